The number of aliphatic hydroxyl groups excluding tert-OH is 2. The SMILES string of the molecule is O=C1c2ccccc2C(=O)N1CCCCC(CO)CO. The Morgan fingerprint density at radius 1 is 0.950 bits per heavy atom. The van der Waals surface area contributed by atoms with Gasteiger partial charge in [0.2, 0.25) is 0 Å². The molecule has 1 aromatic carbocycles. The van der Waals surface area contributed by atoms with E-state index in [0.717, 1.165) is 6.42 Å². The average molecular weight is 277 g/mol. The Morgan fingerprint density at radius 2 is 1.50 bits per heavy atom. The molecule has 1 aliphatic rings. The fraction of sp³-hybridized carbons (Fsp3) is 0.467. The Bertz CT molecular complexity index is 461. The molecule has 0 radical (unpaired) electrons. The first-order valence-corrected chi connectivity index (χ1v) is 6.86. The first kappa shape index (κ1) is 14.7. The van der Waals surface area contributed by atoms with Crippen LogP contribution in [0.3, 0.4) is 0 Å². The van der Waals surface area contributed by atoms with Gasteiger partial charge >= 0.3 is 0 Å². The van der Waals surface area contributed by atoms with Gasteiger partial charge in [-0.25, -0.2) is 0 Å². The highest BCUT2D eigenvalue weighted by molar-refractivity contribution is 6.21. The maximum atomic E-state index is 12.1. The molecule has 5 heteroatoms. The van der Waals surface area contributed by atoms with E-state index in [0.29, 0.717) is 30.5 Å². The standard InChI is InChI=1S/C15H19NO4/c17-9-11(10-18)5-3-4-8-16-14(19)12-6-1-2-7-13(12)15(16)20/h1-2,6-7,11,17-18H,3-5,8-10H2. The van der Waals surface area contributed by atoms with Crippen LogP contribution in [0.4, 0.5) is 0 Å². The van der Waals surface area contributed by atoms with Crippen molar-refractivity contribution in [2.24, 2.45) is 5.92 Å². The molecular weight excluding hydrogens is 258 g/mol. The molecule has 2 rings (SSSR count). The predicted octanol–water partition coefficient (Wildman–Crippen LogP) is 1.05. The molecule has 2 amide bonds. The van der Waals surface area contributed by atoms with Crippen LogP contribution in [0, 0.1) is 5.92 Å². The number of hydrogen-bond acceptors (Lipinski definition) is 4. The second-order valence-corrected chi connectivity index (χ2v) is 5.03. The minimum Gasteiger partial charge on any atom is -0.396 e. The fourth-order valence-electron chi connectivity index (χ4n) is 2.39. The van der Waals surface area contributed by atoms with Crippen molar-refractivity contribution in [2.75, 3.05) is 19.8 Å². The first-order valence-electron chi connectivity index (χ1n) is 6.86. The van der Waals surface area contributed by atoms with Crippen LogP contribution in [0.15, 0.2) is 24.3 Å². The molecule has 20 heavy (non-hydrogen) atoms. The summed E-state index contributed by atoms with van der Waals surface area (Å²) in [6.45, 7) is 0.308. The number of nitrogens with zero attached hydrogens (tertiary/aromatic N) is 1. The predicted molar refractivity (Wildman–Crippen MR) is 73.3 cm³/mol. The number of benzene rings is 1. The summed E-state index contributed by atoms with van der Waals surface area (Å²) in [5.74, 6) is -0.574. The van der Waals surface area contributed by atoms with E-state index in [-0.39, 0.29) is 30.9 Å². The van der Waals surface area contributed by atoms with Crippen molar-refractivity contribution in [3.63, 3.8) is 0 Å². The van der Waals surface area contributed by atoms with Crippen molar-refractivity contribution >= 4 is 11.8 Å². The summed E-state index contributed by atoms with van der Waals surface area (Å²) in [5, 5.41) is 17.9. The van der Waals surface area contributed by atoms with Crippen LogP contribution in [0.5, 0.6) is 0 Å². The third kappa shape index (κ3) is 2.89. The van der Waals surface area contributed by atoms with Crippen molar-refractivity contribution in [1.29, 1.82) is 0 Å². The number of amides is 2. The normalized spacial score (nSPS) is 14.2. The Kier molecular flexibility index (Phi) is 4.87. The third-order valence-corrected chi connectivity index (χ3v) is 3.64. The van der Waals surface area contributed by atoms with Crippen LogP contribution < -0.4 is 0 Å². The summed E-state index contributed by atoms with van der Waals surface area (Å²) in [6, 6.07) is 6.84. The molecule has 0 aliphatic carbocycles. The topological polar surface area (TPSA) is 77.8 Å². The number of carbonyl (C=O) groups excluding carboxylic acids is 2. The summed E-state index contributed by atoms with van der Waals surface area (Å²) in [4.78, 5) is 25.4. The van der Waals surface area contributed by atoms with Gasteiger partial charge in [-0.1, -0.05) is 18.6 Å². The van der Waals surface area contributed by atoms with E-state index in [1.807, 2.05) is 0 Å². The van der Waals surface area contributed by atoms with Gasteiger partial charge in [0, 0.05) is 25.7 Å². The summed E-state index contributed by atoms with van der Waals surface area (Å²) in [7, 11) is 0. The molecule has 1 aliphatic heterocycles. The molecule has 0 saturated carbocycles. The van der Waals surface area contributed by atoms with Gasteiger partial charge in [0.15, 0.2) is 0 Å². The number of fused-ring (bicyclic) bond motifs is 1. The van der Waals surface area contributed by atoms with Crippen LogP contribution in [0.1, 0.15) is 40.0 Å². The van der Waals surface area contributed by atoms with Crippen molar-refractivity contribution < 1.29 is 19.8 Å². The lowest BCUT2D eigenvalue weighted by atomic mass is 10.0. The van der Waals surface area contributed by atoms with Crippen molar-refractivity contribution in [3.8, 4) is 0 Å². The Morgan fingerprint density at radius 3 is 2.00 bits per heavy atom. The lowest BCUT2D eigenvalue weighted by molar-refractivity contribution is 0.0648. The molecule has 108 valence electrons. The van der Waals surface area contributed by atoms with Gasteiger partial charge in [0.1, 0.15) is 0 Å². The maximum absolute atomic E-state index is 12.1. The van der Waals surface area contributed by atoms with Gasteiger partial charge in [-0.3, -0.25) is 14.5 Å². The maximum Gasteiger partial charge on any atom is 0.261 e. The van der Waals surface area contributed by atoms with Gasteiger partial charge in [0.25, 0.3) is 11.8 Å². The molecule has 0 unspecified atom stereocenters. The first-order chi connectivity index (χ1) is 9.69. The number of rotatable bonds is 7. The van der Waals surface area contributed by atoms with E-state index in [4.69, 9.17) is 10.2 Å². The summed E-state index contributed by atoms with van der Waals surface area (Å²) < 4.78 is 0. The molecular formula is C15H19NO4. The number of aliphatic hydroxyl groups is 2. The molecule has 0 spiro atoms. The van der Waals surface area contributed by atoms with Crippen LogP contribution >= 0.6 is 0 Å². The van der Waals surface area contributed by atoms with E-state index in [2.05, 4.69) is 0 Å². The number of imide groups is 1. The van der Waals surface area contributed by atoms with Crippen LogP contribution in [-0.4, -0.2) is 46.7 Å². The van der Waals surface area contributed by atoms with Crippen molar-refractivity contribution in [3.05, 3.63) is 35.4 Å². The van der Waals surface area contributed by atoms with Crippen molar-refractivity contribution in [2.45, 2.75) is 19.3 Å². The lowest BCUT2D eigenvalue weighted by Gasteiger charge is -2.15. The Hall–Kier alpha value is -1.72. The van der Waals surface area contributed by atoms with E-state index < -0.39 is 0 Å². The monoisotopic (exact) mass is 277 g/mol. The number of carbonyl (C=O) groups is 2. The Labute approximate surface area is 117 Å². The van der Waals surface area contributed by atoms with Gasteiger partial charge in [0.05, 0.1) is 11.1 Å². The number of unbranched alkanes of at least 4 members (excludes halogenated alkanes) is 1. The highest BCUT2D eigenvalue weighted by Crippen LogP contribution is 2.22. The lowest BCUT2D eigenvalue weighted by Crippen LogP contribution is -2.30. The summed E-state index contributed by atoms with van der Waals surface area (Å²) in [6.07, 6.45) is 2.14. The highest BCUT2D eigenvalue weighted by Gasteiger charge is 2.34. The quantitative estimate of drug-likeness (QED) is 0.577. The minimum atomic E-state index is -0.230. The van der Waals surface area contributed by atoms with E-state index in [1.165, 1.54) is 4.90 Å². The van der Waals surface area contributed by atoms with Gasteiger partial charge in [-0.15, -0.1) is 0 Å². The zero-order chi connectivity index (χ0) is 14.5. The Balaban J connectivity index is 1.87. The molecule has 0 fully saturated rings. The summed E-state index contributed by atoms with van der Waals surface area (Å²) in [5.41, 5.74) is 0.946. The van der Waals surface area contributed by atoms with Gasteiger partial charge < -0.3 is 10.2 Å². The van der Waals surface area contributed by atoms with Crippen molar-refractivity contribution in [1.82, 2.24) is 4.90 Å². The zero-order valence-electron chi connectivity index (χ0n) is 11.3. The van der Waals surface area contributed by atoms with Crippen LogP contribution in [0.2, 0.25) is 0 Å². The largest absolute Gasteiger partial charge is 0.396 e. The molecule has 2 N–H and O–H groups in total. The smallest absolute Gasteiger partial charge is 0.261 e. The van der Waals surface area contributed by atoms with Gasteiger partial charge in [-0.2, -0.15) is 0 Å². The minimum absolute atomic E-state index is 0.0382. The molecule has 0 saturated heterocycles. The van der Waals surface area contributed by atoms with Crippen LogP contribution in [0.25, 0.3) is 0 Å². The molecule has 0 aromatic heterocycles. The van der Waals surface area contributed by atoms with E-state index in [1.54, 1.807) is 24.3 Å². The highest BCUT2D eigenvalue weighted by atomic mass is 16.3. The summed E-state index contributed by atoms with van der Waals surface area (Å²) >= 11 is 0. The molecule has 5 nitrogen and oxygen atoms in total. The van der Waals surface area contributed by atoms with E-state index in [9.17, 15) is 9.59 Å². The van der Waals surface area contributed by atoms with Crippen LogP contribution in [-0.2, 0) is 0 Å². The second-order valence-electron chi connectivity index (χ2n) is 5.03. The molecule has 0 bridgehead atoms. The molecule has 1 aromatic rings. The second kappa shape index (κ2) is 6.63. The van der Waals surface area contributed by atoms with Gasteiger partial charge in [-0.05, 0) is 25.0 Å². The van der Waals surface area contributed by atoms with E-state index >= 15 is 0 Å². The molecule has 1 heterocycles. The fourth-order valence-corrected chi connectivity index (χ4v) is 2.39. The number of hydrogen-bond donors (Lipinski definition) is 2. The zero-order valence-corrected chi connectivity index (χ0v) is 11.3. The molecule has 0 atom stereocenters. The third-order valence-electron chi connectivity index (χ3n) is 3.64. The average Bonchev–Trinajstić information content (AvgIpc) is 2.72.